The average molecular weight is 277 g/mol. The highest BCUT2D eigenvalue weighted by Crippen LogP contribution is 2.56. The smallest absolute Gasteiger partial charge is 0.329 e. The Labute approximate surface area is 119 Å². The van der Waals surface area contributed by atoms with Gasteiger partial charge in [-0.25, -0.2) is 4.79 Å². The SMILES string of the molecule is O=C(NC1(C(=O)O)CCC1)C1C2CC3CC(C2)CC1C3. The molecule has 0 saturated heterocycles. The van der Waals surface area contributed by atoms with Gasteiger partial charge in [-0.2, -0.15) is 0 Å². The van der Waals surface area contributed by atoms with Crippen LogP contribution in [0.1, 0.15) is 51.4 Å². The molecule has 1 amide bonds. The summed E-state index contributed by atoms with van der Waals surface area (Å²) in [6.07, 6.45) is 8.28. The van der Waals surface area contributed by atoms with Crippen molar-refractivity contribution in [2.75, 3.05) is 0 Å². The highest BCUT2D eigenvalue weighted by Gasteiger charge is 2.53. The van der Waals surface area contributed by atoms with Crippen molar-refractivity contribution in [1.82, 2.24) is 5.32 Å². The normalized spacial score (nSPS) is 43.9. The van der Waals surface area contributed by atoms with Gasteiger partial charge in [0.2, 0.25) is 5.91 Å². The van der Waals surface area contributed by atoms with Gasteiger partial charge >= 0.3 is 5.97 Å². The standard InChI is InChI=1S/C16H23NO3/c18-14(17-16(15(19)20)2-1-3-16)13-11-5-9-4-10(7-11)8-12(13)6-9/h9-13H,1-8H2,(H,17,18)(H,19,20). The van der Waals surface area contributed by atoms with Gasteiger partial charge in [-0.3, -0.25) is 4.79 Å². The van der Waals surface area contributed by atoms with E-state index in [-0.39, 0.29) is 11.8 Å². The molecular formula is C16H23NO3. The lowest BCUT2D eigenvalue weighted by molar-refractivity contribution is -0.156. The van der Waals surface area contributed by atoms with Gasteiger partial charge in [0, 0.05) is 5.92 Å². The lowest BCUT2D eigenvalue weighted by Gasteiger charge is -2.54. The molecule has 5 aliphatic rings. The van der Waals surface area contributed by atoms with Gasteiger partial charge in [-0.05, 0) is 75.0 Å². The Morgan fingerprint density at radius 1 is 0.950 bits per heavy atom. The molecule has 4 bridgehead atoms. The molecule has 5 aliphatic carbocycles. The van der Waals surface area contributed by atoms with Crippen molar-refractivity contribution < 1.29 is 14.7 Å². The van der Waals surface area contributed by atoms with Gasteiger partial charge in [0.15, 0.2) is 0 Å². The fourth-order valence-electron chi connectivity index (χ4n) is 5.60. The summed E-state index contributed by atoms with van der Waals surface area (Å²) in [6, 6.07) is 0. The fourth-order valence-corrected chi connectivity index (χ4v) is 5.60. The maximum Gasteiger partial charge on any atom is 0.329 e. The van der Waals surface area contributed by atoms with E-state index in [1.807, 2.05) is 0 Å². The van der Waals surface area contributed by atoms with Crippen LogP contribution in [0.4, 0.5) is 0 Å². The van der Waals surface area contributed by atoms with Crippen molar-refractivity contribution >= 4 is 11.9 Å². The Morgan fingerprint density at radius 3 is 1.90 bits per heavy atom. The van der Waals surface area contributed by atoms with E-state index in [1.165, 1.54) is 32.1 Å². The van der Waals surface area contributed by atoms with Crippen LogP contribution in [0, 0.1) is 29.6 Å². The number of carbonyl (C=O) groups excluding carboxylic acids is 1. The number of rotatable bonds is 3. The van der Waals surface area contributed by atoms with Gasteiger partial charge in [0.05, 0.1) is 0 Å². The van der Waals surface area contributed by atoms with Crippen molar-refractivity contribution in [2.45, 2.75) is 56.9 Å². The minimum absolute atomic E-state index is 0.0425. The minimum atomic E-state index is -0.939. The van der Waals surface area contributed by atoms with Crippen LogP contribution in [-0.4, -0.2) is 22.5 Å². The van der Waals surface area contributed by atoms with E-state index in [4.69, 9.17) is 0 Å². The van der Waals surface area contributed by atoms with Gasteiger partial charge < -0.3 is 10.4 Å². The number of amides is 1. The first-order valence-corrected chi connectivity index (χ1v) is 8.13. The Bertz CT molecular complexity index is 427. The van der Waals surface area contributed by atoms with Crippen molar-refractivity contribution in [2.24, 2.45) is 29.6 Å². The Balaban J connectivity index is 1.50. The zero-order valence-corrected chi connectivity index (χ0v) is 11.8. The number of carbonyl (C=O) groups is 2. The largest absolute Gasteiger partial charge is 0.480 e. The molecule has 0 aromatic carbocycles. The zero-order valence-electron chi connectivity index (χ0n) is 11.8. The Morgan fingerprint density at radius 2 is 1.50 bits per heavy atom. The number of aliphatic carboxylic acids is 1. The molecule has 0 heterocycles. The maximum atomic E-state index is 12.7. The molecule has 5 fully saturated rings. The molecular weight excluding hydrogens is 254 g/mol. The molecule has 4 heteroatoms. The number of carboxylic acids is 1. The molecule has 0 unspecified atom stereocenters. The highest BCUT2D eigenvalue weighted by atomic mass is 16.4. The lowest BCUT2D eigenvalue weighted by Crippen LogP contribution is -2.62. The van der Waals surface area contributed by atoms with E-state index in [2.05, 4.69) is 5.32 Å². The molecule has 0 atom stereocenters. The molecule has 20 heavy (non-hydrogen) atoms. The second-order valence-electron chi connectivity index (χ2n) is 7.69. The zero-order chi connectivity index (χ0) is 13.9. The number of hydrogen-bond donors (Lipinski definition) is 2. The highest BCUT2D eigenvalue weighted by molar-refractivity contribution is 5.89. The summed E-state index contributed by atoms with van der Waals surface area (Å²) in [7, 11) is 0. The molecule has 4 nitrogen and oxygen atoms in total. The summed E-state index contributed by atoms with van der Waals surface area (Å²) in [6.45, 7) is 0. The lowest BCUT2D eigenvalue weighted by atomic mass is 9.51. The third kappa shape index (κ3) is 1.73. The molecule has 0 radical (unpaired) electrons. The first kappa shape index (κ1) is 12.7. The predicted molar refractivity (Wildman–Crippen MR) is 72.9 cm³/mol. The quantitative estimate of drug-likeness (QED) is 0.831. The summed E-state index contributed by atoms with van der Waals surface area (Å²) >= 11 is 0. The molecule has 2 N–H and O–H groups in total. The first-order chi connectivity index (χ1) is 9.57. The van der Waals surface area contributed by atoms with Crippen LogP contribution in [0.25, 0.3) is 0 Å². The van der Waals surface area contributed by atoms with Gasteiger partial charge in [-0.15, -0.1) is 0 Å². The predicted octanol–water partition coefficient (Wildman–Crippen LogP) is 2.18. The molecule has 0 aromatic rings. The van der Waals surface area contributed by atoms with E-state index in [1.54, 1.807) is 0 Å². The van der Waals surface area contributed by atoms with Gasteiger partial charge in [0.1, 0.15) is 5.54 Å². The summed E-state index contributed by atoms with van der Waals surface area (Å²) in [5.74, 6) is 2.04. The topological polar surface area (TPSA) is 66.4 Å². The van der Waals surface area contributed by atoms with Crippen molar-refractivity contribution in [1.29, 1.82) is 0 Å². The summed E-state index contributed by atoms with van der Waals surface area (Å²) in [4.78, 5) is 24.1. The average Bonchev–Trinajstić information content (AvgIpc) is 2.31. The van der Waals surface area contributed by atoms with E-state index in [0.717, 1.165) is 18.3 Å². The molecule has 5 rings (SSSR count). The van der Waals surface area contributed by atoms with E-state index in [9.17, 15) is 14.7 Å². The second kappa shape index (κ2) is 4.22. The minimum Gasteiger partial charge on any atom is -0.480 e. The van der Waals surface area contributed by atoms with E-state index in [0.29, 0.717) is 24.7 Å². The molecule has 0 aliphatic heterocycles. The van der Waals surface area contributed by atoms with Crippen LogP contribution >= 0.6 is 0 Å². The first-order valence-electron chi connectivity index (χ1n) is 8.13. The Hall–Kier alpha value is -1.06. The van der Waals surface area contributed by atoms with Crippen LogP contribution in [0.15, 0.2) is 0 Å². The number of nitrogens with one attached hydrogen (secondary N) is 1. The van der Waals surface area contributed by atoms with Crippen LogP contribution < -0.4 is 5.32 Å². The van der Waals surface area contributed by atoms with Gasteiger partial charge in [-0.1, -0.05) is 0 Å². The summed E-state index contributed by atoms with van der Waals surface area (Å²) in [5.41, 5.74) is -0.939. The molecule has 110 valence electrons. The van der Waals surface area contributed by atoms with Crippen molar-refractivity contribution in [3.8, 4) is 0 Å². The summed E-state index contributed by atoms with van der Waals surface area (Å²) in [5, 5.41) is 12.3. The summed E-state index contributed by atoms with van der Waals surface area (Å²) < 4.78 is 0. The fraction of sp³-hybridized carbons (Fsp3) is 0.875. The van der Waals surface area contributed by atoms with E-state index >= 15 is 0 Å². The molecule has 5 saturated carbocycles. The van der Waals surface area contributed by atoms with Crippen LogP contribution in [-0.2, 0) is 9.59 Å². The maximum absolute atomic E-state index is 12.7. The molecule has 0 aromatic heterocycles. The third-order valence-electron chi connectivity index (χ3n) is 6.51. The second-order valence-corrected chi connectivity index (χ2v) is 7.69. The Kier molecular flexibility index (Phi) is 2.67. The van der Waals surface area contributed by atoms with Crippen LogP contribution in [0.2, 0.25) is 0 Å². The van der Waals surface area contributed by atoms with E-state index < -0.39 is 11.5 Å². The van der Waals surface area contributed by atoms with Crippen molar-refractivity contribution in [3.63, 3.8) is 0 Å². The number of carboxylic acid groups (broad SMARTS) is 1. The molecule has 0 spiro atoms. The monoisotopic (exact) mass is 277 g/mol. The third-order valence-corrected chi connectivity index (χ3v) is 6.51. The number of hydrogen-bond acceptors (Lipinski definition) is 2. The van der Waals surface area contributed by atoms with Crippen LogP contribution in [0.5, 0.6) is 0 Å². The van der Waals surface area contributed by atoms with Gasteiger partial charge in [0.25, 0.3) is 0 Å². The van der Waals surface area contributed by atoms with Crippen LogP contribution in [0.3, 0.4) is 0 Å². The van der Waals surface area contributed by atoms with Crippen molar-refractivity contribution in [3.05, 3.63) is 0 Å².